The summed E-state index contributed by atoms with van der Waals surface area (Å²) >= 11 is 1.62. The zero-order valence-corrected chi connectivity index (χ0v) is 16.6. The van der Waals surface area contributed by atoms with Crippen molar-refractivity contribution in [2.75, 3.05) is 26.0 Å². The second-order valence-electron chi connectivity index (χ2n) is 6.83. The lowest BCUT2D eigenvalue weighted by atomic mass is 10.1. The first-order valence-electron chi connectivity index (χ1n) is 9.07. The number of likely N-dealkylation sites (N-methyl/N-ethyl adjacent to an activating group) is 1. The van der Waals surface area contributed by atoms with Crippen molar-refractivity contribution < 1.29 is 4.39 Å². The van der Waals surface area contributed by atoms with Gasteiger partial charge in [-0.05, 0) is 43.4 Å². The van der Waals surface area contributed by atoms with Crippen molar-refractivity contribution >= 4 is 27.4 Å². The molecule has 2 heterocycles. The highest BCUT2D eigenvalue weighted by atomic mass is 32.1. The number of rotatable bonds is 6. The summed E-state index contributed by atoms with van der Waals surface area (Å²) in [6, 6.07) is 19.2. The molecule has 2 aromatic carbocycles. The second kappa shape index (κ2) is 8.04. The zero-order chi connectivity index (χ0) is 19.5. The van der Waals surface area contributed by atoms with Crippen LogP contribution in [0.1, 0.15) is 11.6 Å². The van der Waals surface area contributed by atoms with Gasteiger partial charge in [0.1, 0.15) is 18.0 Å². The van der Waals surface area contributed by atoms with Crippen LogP contribution >= 0.6 is 11.3 Å². The number of thiophene rings is 1. The van der Waals surface area contributed by atoms with Crippen molar-refractivity contribution in [1.82, 2.24) is 14.9 Å². The Bertz CT molecular complexity index is 1060. The molecule has 0 spiro atoms. The van der Waals surface area contributed by atoms with Crippen molar-refractivity contribution in [2.24, 2.45) is 0 Å². The van der Waals surface area contributed by atoms with Crippen molar-refractivity contribution in [2.45, 2.75) is 6.04 Å². The maximum atomic E-state index is 13.2. The lowest BCUT2D eigenvalue weighted by Crippen LogP contribution is -2.27. The van der Waals surface area contributed by atoms with E-state index in [1.54, 1.807) is 29.8 Å². The molecule has 0 fully saturated rings. The molecule has 0 unspecified atom stereocenters. The molecule has 6 heteroatoms. The molecule has 2 aromatic heterocycles. The van der Waals surface area contributed by atoms with Gasteiger partial charge in [-0.2, -0.15) is 0 Å². The third-order valence-corrected chi connectivity index (χ3v) is 5.89. The van der Waals surface area contributed by atoms with Crippen LogP contribution in [0.3, 0.4) is 0 Å². The van der Waals surface area contributed by atoms with Gasteiger partial charge in [-0.15, -0.1) is 11.3 Å². The van der Waals surface area contributed by atoms with E-state index in [1.165, 1.54) is 17.7 Å². The Morgan fingerprint density at radius 1 is 1.04 bits per heavy atom. The number of aromatic nitrogens is 2. The number of hydrogen-bond donors (Lipinski definition) is 1. The first-order valence-corrected chi connectivity index (χ1v) is 9.89. The van der Waals surface area contributed by atoms with Gasteiger partial charge >= 0.3 is 0 Å². The van der Waals surface area contributed by atoms with Crippen LogP contribution in [0, 0.1) is 5.82 Å². The van der Waals surface area contributed by atoms with Gasteiger partial charge in [0.05, 0.1) is 16.3 Å². The summed E-state index contributed by atoms with van der Waals surface area (Å²) in [5.41, 5.74) is 3.12. The molecule has 1 atom stereocenters. The van der Waals surface area contributed by atoms with E-state index in [2.05, 4.69) is 58.5 Å². The van der Waals surface area contributed by atoms with Gasteiger partial charge in [-0.3, -0.25) is 0 Å². The molecular weight excluding hydrogens is 371 g/mol. The molecule has 1 N–H and O–H groups in total. The molecule has 0 radical (unpaired) electrons. The summed E-state index contributed by atoms with van der Waals surface area (Å²) in [7, 11) is 4.15. The van der Waals surface area contributed by atoms with Crippen molar-refractivity contribution in [1.29, 1.82) is 0 Å². The van der Waals surface area contributed by atoms with Crippen molar-refractivity contribution in [3.63, 3.8) is 0 Å². The highest BCUT2D eigenvalue weighted by molar-refractivity contribution is 7.22. The minimum atomic E-state index is -0.234. The average Bonchev–Trinajstić information content (AvgIpc) is 3.14. The second-order valence-corrected chi connectivity index (χ2v) is 7.88. The number of anilines is 1. The molecule has 0 amide bonds. The van der Waals surface area contributed by atoms with Crippen molar-refractivity contribution in [3.05, 3.63) is 78.4 Å². The van der Waals surface area contributed by atoms with Crippen molar-refractivity contribution in [3.8, 4) is 10.4 Å². The molecule has 4 nitrogen and oxygen atoms in total. The minimum Gasteiger partial charge on any atom is -0.367 e. The fraction of sp³-hybridized carbons (Fsp3) is 0.182. The number of nitrogens with zero attached hydrogens (tertiary/aromatic N) is 3. The average molecular weight is 393 g/mol. The summed E-state index contributed by atoms with van der Waals surface area (Å²) in [5, 5.41) is 3.50. The van der Waals surface area contributed by atoms with E-state index in [-0.39, 0.29) is 11.9 Å². The molecule has 0 saturated heterocycles. The summed E-state index contributed by atoms with van der Waals surface area (Å²) in [6.45, 7) is 0.729. The van der Waals surface area contributed by atoms with Crippen LogP contribution in [-0.4, -0.2) is 35.5 Å². The number of fused-ring (bicyclic) bond motifs is 1. The first kappa shape index (κ1) is 18.5. The number of nitrogens with one attached hydrogen (secondary N) is 1. The lowest BCUT2D eigenvalue weighted by Gasteiger charge is -2.25. The molecule has 4 aromatic rings. The number of benzene rings is 2. The van der Waals surface area contributed by atoms with E-state index in [1.807, 2.05) is 12.1 Å². The SMILES string of the molecule is CN(C)[C@H](CNc1ncnc2cc(-c3ccc(F)cc3)sc12)c1ccccc1. The standard InChI is InChI=1S/C22H21FN4S/c1-27(2)19(15-6-4-3-5-7-15)13-24-22-21-18(25-14-26-22)12-20(28-21)16-8-10-17(23)11-9-16/h3-12,14,19H,13H2,1-2H3,(H,24,25,26)/t19-/m1/s1. The summed E-state index contributed by atoms with van der Waals surface area (Å²) in [4.78, 5) is 12.1. The van der Waals surface area contributed by atoms with Crippen LogP contribution in [0.15, 0.2) is 67.0 Å². The number of hydrogen-bond acceptors (Lipinski definition) is 5. The monoisotopic (exact) mass is 392 g/mol. The van der Waals surface area contributed by atoms with Gasteiger partial charge < -0.3 is 10.2 Å². The summed E-state index contributed by atoms with van der Waals surface area (Å²) in [6.07, 6.45) is 1.58. The maximum Gasteiger partial charge on any atom is 0.147 e. The van der Waals surface area contributed by atoms with Gasteiger partial charge in [-0.25, -0.2) is 14.4 Å². The van der Waals surface area contributed by atoms with E-state index < -0.39 is 0 Å². The molecule has 142 valence electrons. The van der Waals surface area contributed by atoms with E-state index >= 15 is 0 Å². The Hall–Kier alpha value is -2.83. The van der Waals surface area contributed by atoms with Gasteiger partial charge in [0.2, 0.25) is 0 Å². The Morgan fingerprint density at radius 2 is 1.79 bits per heavy atom. The molecular formula is C22H21FN4S. The van der Waals surface area contributed by atoms with E-state index in [9.17, 15) is 4.39 Å². The predicted octanol–water partition coefficient (Wildman–Crippen LogP) is 5.21. The Kier molecular flexibility index (Phi) is 5.32. The topological polar surface area (TPSA) is 41.0 Å². The quantitative estimate of drug-likeness (QED) is 0.489. The normalized spacial score (nSPS) is 12.4. The smallest absolute Gasteiger partial charge is 0.147 e. The van der Waals surface area contributed by atoms with Crippen LogP contribution in [0.4, 0.5) is 10.2 Å². The maximum absolute atomic E-state index is 13.2. The predicted molar refractivity (Wildman–Crippen MR) is 114 cm³/mol. The Labute approximate surface area is 167 Å². The van der Waals surface area contributed by atoms with Gasteiger partial charge in [-0.1, -0.05) is 42.5 Å². The summed E-state index contributed by atoms with van der Waals surface area (Å²) < 4.78 is 14.2. The minimum absolute atomic E-state index is 0.225. The fourth-order valence-electron chi connectivity index (χ4n) is 3.20. The van der Waals surface area contributed by atoms with E-state index in [0.29, 0.717) is 0 Å². The Balaban J connectivity index is 1.61. The van der Waals surface area contributed by atoms with Crippen LogP contribution in [-0.2, 0) is 0 Å². The fourth-order valence-corrected chi connectivity index (χ4v) is 4.29. The molecule has 0 aliphatic carbocycles. The largest absolute Gasteiger partial charge is 0.367 e. The Morgan fingerprint density at radius 3 is 2.50 bits per heavy atom. The molecule has 0 aliphatic heterocycles. The molecule has 28 heavy (non-hydrogen) atoms. The van der Waals surface area contributed by atoms with E-state index in [0.717, 1.165) is 33.0 Å². The van der Waals surface area contributed by atoms with Gasteiger partial charge in [0.25, 0.3) is 0 Å². The van der Waals surface area contributed by atoms with E-state index in [4.69, 9.17) is 0 Å². The molecule has 0 bridgehead atoms. The molecule has 0 aliphatic rings. The lowest BCUT2D eigenvalue weighted by molar-refractivity contribution is 0.311. The molecule has 0 saturated carbocycles. The summed E-state index contributed by atoms with van der Waals surface area (Å²) in [5.74, 6) is 0.591. The van der Waals surface area contributed by atoms with Gasteiger partial charge in [0.15, 0.2) is 0 Å². The highest BCUT2D eigenvalue weighted by Crippen LogP contribution is 2.35. The highest BCUT2D eigenvalue weighted by Gasteiger charge is 2.16. The van der Waals surface area contributed by atoms with Crippen LogP contribution in [0.25, 0.3) is 20.7 Å². The number of halogens is 1. The first-order chi connectivity index (χ1) is 13.6. The van der Waals surface area contributed by atoms with Gasteiger partial charge in [0, 0.05) is 11.4 Å². The van der Waals surface area contributed by atoms with Crippen LogP contribution in [0.5, 0.6) is 0 Å². The van der Waals surface area contributed by atoms with Crippen LogP contribution < -0.4 is 5.32 Å². The third kappa shape index (κ3) is 3.88. The zero-order valence-electron chi connectivity index (χ0n) is 15.8. The third-order valence-electron chi connectivity index (χ3n) is 4.71. The molecule has 4 rings (SSSR count). The van der Waals surface area contributed by atoms with Crippen LogP contribution in [0.2, 0.25) is 0 Å².